The van der Waals surface area contributed by atoms with Gasteiger partial charge in [-0.3, -0.25) is 4.79 Å². The molecular weight excluding hydrogens is 515 g/mol. The van der Waals surface area contributed by atoms with Crippen molar-refractivity contribution >= 4 is 45.5 Å². The smallest absolute Gasteiger partial charge is 0.254 e. The van der Waals surface area contributed by atoms with Crippen molar-refractivity contribution in [3.8, 4) is 0 Å². The van der Waals surface area contributed by atoms with Crippen LogP contribution in [0.1, 0.15) is 34.1 Å². The molecule has 1 unspecified atom stereocenters. The molecule has 3 heterocycles. The number of carbonyl (C=O) groups excluding carboxylic acids is 1. The zero-order valence-corrected chi connectivity index (χ0v) is 22.0. The van der Waals surface area contributed by atoms with E-state index >= 15 is 0 Å². The fourth-order valence-corrected chi connectivity index (χ4v) is 5.24. The van der Waals surface area contributed by atoms with E-state index in [2.05, 4.69) is 20.6 Å². The summed E-state index contributed by atoms with van der Waals surface area (Å²) in [5, 5.41) is 6.81. The third-order valence-corrected chi connectivity index (χ3v) is 7.33. The third kappa shape index (κ3) is 5.01. The summed E-state index contributed by atoms with van der Waals surface area (Å²) in [6.07, 6.45) is 7.76. The average Bonchev–Trinajstić information content (AvgIpc) is 3.12. The molecule has 2 N–H and O–H groups in total. The van der Waals surface area contributed by atoms with Gasteiger partial charge in [-0.15, -0.1) is 0 Å². The Morgan fingerprint density at radius 2 is 1.95 bits per heavy atom. The highest BCUT2D eigenvalue weighted by Gasteiger charge is 2.26. The van der Waals surface area contributed by atoms with E-state index in [0.717, 1.165) is 35.5 Å². The minimum atomic E-state index is -0.334. The maximum absolute atomic E-state index is 14.8. The standard InChI is InChI=1S/C30H26ClFN6O/c1-18-15-33-12-13-38(18)29(39)19-6-9-21(10-7-19)36-30-35-16-20-8-11-22-24(23-4-2-3-5-26(23)32)14-27(31)34-17-25(22)28(20)37-30/h2-7,9-11,14,16-18,33H,8,12-13,15H2,1H3,(H,35,36,37). The van der Waals surface area contributed by atoms with E-state index in [-0.39, 0.29) is 22.9 Å². The van der Waals surface area contributed by atoms with Crippen molar-refractivity contribution in [3.05, 3.63) is 107 Å². The maximum Gasteiger partial charge on any atom is 0.254 e. The van der Waals surface area contributed by atoms with Crippen LogP contribution in [0.15, 0.2) is 83.6 Å². The number of allylic oxidation sites excluding steroid dienone is 5. The lowest BCUT2D eigenvalue weighted by atomic mass is 9.85. The Hall–Kier alpha value is -4.14. The molecule has 0 radical (unpaired) electrons. The molecule has 0 saturated carbocycles. The second-order valence-electron chi connectivity index (χ2n) is 9.68. The van der Waals surface area contributed by atoms with Crippen LogP contribution in [0.3, 0.4) is 0 Å². The molecule has 39 heavy (non-hydrogen) atoms. The van der Waals surface area contributed by atoms with Crippen LogP contribution in [0.25, 0.3) is 11.1 Å². The van der Waals surface area contributed by atoms with E-state index in [4.69, 9.17) is 16.6 Å². The summed E-state index contributed by atoms with van der Waals surface area (Å²) in [5.41, 5.74) is 5.72. The average molecular weight is 541 g/mol. The summed E-state index contributed by atoms with van der Waals surface area (Å²) in [6.45, 7) is 4.34. The van der Waals surface area contributed by atoms with Gasteiger partial charge in [0.05, 0.1) is 5.69 Å². The van der Waals surface area contributed by atoms with Crippen molar-refractivity contribution in [2.75, 3.05) is 25.0 Å². The molecule has 1 amide bonds. The first-order valence-corrected chi connectivity index (χ1v) is 13.2. The number of carbonyl (C=O) groups is 1. The molecule has 2 aliphatic heterocycles. The van der Waals surface area contributed by atoms with Crippen LogP contribution in [0, 0.1) is 5.82 Å². The maximum atomic E-state index is 14.8. The number of nitrogens with one attached hydrogen (secondary N) is 2. The molecule has 0 bridgehead atoms. The zero-order chi connectivity index (χ0) is 26.9. The molecule has 1 aliphatic carbocycles. The van der Waals surface area contributed by atoms with Crippen LogP contribution >= 0.6 is 11.6 Å². The lowest BCUT2D eigenvalue weighted by Crippen LogP contribution is -2.52. The summed E-state index contributed by atoms with van der Waals surface area (Å²) in [6, 6.07) is 14.1. The fraction of sp³-hybridized carbons (Fsp3) is 0.200. The first-order valence-electron chi connectivity index (χ1n) is 12.8. The topological polar surface area (TPSA) is 82.5 Å². The fourth-order valence-electron chi connectivity index (χ4n) is 5.08. The number of benzene rings is 2. The third-order valence-electron chi connectivity index (χ3n) is 7.12. The Bertz CT molecular complexity index is 1580. The zero-order valence-electron chi connectivity index (χ0n) is 21.3. The van der Waals surface area contributed by atoms with E-state index in [9.17, 15) is 9.18 Å². The molecule has 1 atom stereocenters. The van der Waals surface area contributed by atoms with Crippen molar-refractivity contribution in [2.45, 2.75) is 19.4 Å². The summed E-state index contributed by atoms with van der Waals surface area (Å²) in [5.74, 6) is 0.0964. The number of amides is 1. The SMILES string of the molecule is CC1CNCCN1C(=O)c1ccc(Nc2ncc3c(n2)C2=CN=C(Cl)C=C(c4ccccc4F)C2=CC3)cc1. The van der Waals surface area contributed by atoms with E-state index in [0.29, 0.717) is 41.3 Å². The quantitative estimate of drug-likeness (QED) is 0.466. The number of aliphatic imine (C=N–C) groups is 1. The molecule has 7 nitrogen and oxygen atoms in total. The number of halogens is 2. The van der Waals surface area contributed by atoms with Gasteiger partial charge < -0.3 is 15.5 Å². The van der Waals surface area contributed by atoms with E-state index < -0.39 is 0 Å². The number of nitrogens with zero attached hydrogens (tertiary/aromatic N) is 4. The van der Waals surface area contributed by atoms with Crippen LogP contribution < -0.4 is 10.6 Å². The Morgan fingerprint density at radius 3 is 2.74 bits per heavy atom. The molecule has 1 aromatic heterocycles. The lowest BCUT2D eigenvalue weighted by Gasteiger charge is -2.34. The normalized spacial score (nSPS) is 18.5. The van der Waals surface area contributed by atoms with Gasteiger partial charge >= 0.3 is 0 Å². The summed E-state index contributed by atoms with van der Waals surface area (Å²) in [7, 11) is 0. The Kier molecular flexibility index (Phi) is 6.81. The van der Waals surface area contributed by atoms with Crippen molar-refractivity contribution < 1.29 is 9.18 Å². The van der Waals surface area contributed by atoms with Gasteiger partial charge in [-0.05, 0) is 60.9 Å². The van der Waals surface area contributed by atoms with Crippen LogP contribution in [0.5, 0.6) is 0 Å². The van der Waals surface area contributed by atoms with Gasteiger partial charge in [0.15, 0.2) is 0 Å². The molecule has 6 rings (SSSR count). The molecule has 1 fully saturated rings. The lowest BCUT2D eigenvalue weighted by molar-refractivity contribution is 0.0656. The molecule has 2 aromatic carbocycles. The molecule has 196 valence electrons. The monoisotopic (exact) mass is 540 g/mol. The number of hydrogen-bond donors (Lipinski definition) is 2. The molecule has 3 aliphatic rings. The molecule has 0 spiro atoms. The van der Waals surface area contributed by atoms with Crippen molar-refractivity contribution in [2.24, 2.45) is 4.99 Å². The predicted molar refractivity (Wildman–Crippen MR) is 153 cm³/mol. The Morgan fingerprint density at radius 1 is 1.13 bits per heavy atom. The predicted octanol–water partition coefficient (Wildman–Crippen LogP) is 5.35. The Labute approximate surface area is 230 Å². The summed E-state index contributed by atoms with van der Waals surface area (Å²) < 4.78 is 14.8. The van der Waals surface area contributed by atoms with Gasteiger partial charge in [0.1, 0.15) is 11.0 Å². The van der Waals surface area contributed by atoms with Crippen molar-refractivity contribution in [1.29, 1.82) is 0 Å². The Balaban J connectivity index is 1.26. The van der Waals surface area contributed by atoms with Crippen LogP contribution in [-0.2, 0) is 6.42 Å². The van der Waals surface area contributed by atoms with E-state index in [1.54, 1.807) is 36.7 Å². The summed E-state index contributed by atoms with van der Waals surface area (Å²) >= 11 is 6.35. The van der Waals surface area contributed by atoms with Crippen LogP contribution in [0.2, 0.25) is 0 Å². The molecule has 9 heteroatoms. The van der Waals surface area contributed by atoms with E-state index in [1.165, 1.54) is 6.07 Å². The van der Waals surface area contributed by atoms with Crippen molar-refractivity contribution in [1.82, 2.24) is 20.2 Å². The largest absolute Gasteiger partial charge is 0.333 e. The number of fused-ring (bicyclic) bond motifs is 3. The van der Waals surface area contributed by atoms with Gasteiger partial charge in [0.25, 0.3) is 5.91 Å². The number of anilines is 2. The number of hydrogen-bond acceptors (Lipinski definition) is 6. The van der Waals surface area contributed by atoms with Gasteiger partial charge in [-0.25, -0.2) is 19.4 Å². The highest BCUT2D eigenvalue weighted by atomic mass is 35.5. The molecule has 1 saturated heterocycles. The number of piperazine rings is 1. The highest BCUT2D eigenvalue weighted by Crippen LogP contribution is 2.41. The number of aromatic nitrogens is 2. The van der Waals surface area contributed by atoms with Gasteiger partial charge in [0, 0.05) is 66.0 Å². The first kappa shape index (κ1) is 25.2. The van der Waals surface area contributed by atoms with E-state index in [1.807, 2.05) is 42.2 Å². The minimum Gasteiger partial charge on any atom is -0.333 e. The molecular formula is C30H26ClFN6O. The van der Waals surface area contributed by atoms with Gasteiger partial charge in [0.2, 0.25) is 5.95 Å². The van der Waals surface area contributed by atoms with Crippen LogP contribution in [0.4, 0.5) is 16.0 Å². The minimum absolute atomic E-state index is 0.0260. The second kappa shape index (κ2) is 10.6. The first-order chi connectivity index (χ1) is 19.0. The number of rotatable bonds is 4. The van der Waals surface area contributed by atoms with Gasteiger partial charge in [-0.1, -0.05) is 35.9 Å². The van der Waals surface area contributed by atoms with Crippen LogP contribution in [-0.4, -0.2) is 51.6 Å². The van der Waals surface area contributed by atoms with Crippen molar-refractivity contribution in [3.63, 3.8) is 0 Å². The summed E-state index contributed by atoms with van der Waals surface area (Å²) in [4.78, 5) is 28.5. The highest BCUT2D eigenvalue weighted by molar-refractivity contribution is 6.69. The van der Waals surface area contributed by atoms with Gasteiger partial charge in [-0.2, -0.15) is 0 Å². The second-order valence-corrected chi connectivity index (χ2v) is 10.1. The molecule has 3 aromatic rings.